The number of halogens is 1. The molecule has 0 unspecified atom stereocenters. The molecular formula is C6H7ClN2O. The number of pyridine rings is 1. The van der Waals surface area contributed by atoms with Gasteiger partial charge in [0.2, 0.25) is 0 Å². The van der Waals surface area contributed by atoms with Crippen LogP contribution in [0.5, 0.6) is 0 Å². The zero-order valence-corrected chi connectivity index (χ0v) is 6.22. The van der Waals surface area contributed by atoms with Crippen LogP contribution in [-0.2, 0) is 7.05 Å². The molecule has 10 heavy (non-hydrogen) atoms. The molecule has 1 aromatic heterocycles. The average Bonchev–Trinajstić information content (AvgIpc) is 1.84. The Hall–Kier alpha value is -0.960. The second-order valence-corrected chi connectivity index (χ2v) is 2.43. The van der Waals surface area contributed by atoms with Gasteiger partial charge >= 0.3 is 0 Å². The molecule has 0 atom stereocenters. The highest BCUT2D eigenvalue weighted by molar-refractivity contribution is 6.32. The van der Waals surface area contributed by atoms with Crippen LogP contribution in [0, 0.1) is 0 Å². The van der Waals surface area contributed by atoms with Gasteiger partial charge in [-0.15, -0.1) is 0 Å². The van der Waals surface area contributed by atoms with Crippen molar-refractivity contribution in [2.24, 2.45) is 7.05 Å². The maximum atomic E-state index is 10.8. The normalized spacial score (nSPS) is 9.80. The van der Waals surface area contributed by atoms with Gasteiger partial charge in [-0.25, -0.2) is 0 Å². The Morgan fingerprint density at radius 2 is 2.30 bits per heavy atom. The SMILES string of the molecule is Cn1cc(Cl)c(N)cc1=O. The smallest absolute Gasteiger partial charge is 0.252 e. The fourth-order valence-electron chi connectivity index (χ4n) is 0.612. The van der Waals surface area contributed by atoms with Gasteiger partial charge in [0.1, 0.15) is 0 Å². The Balaban J connectivity index is 3.43. The number of nitrogens with zero attached hydrogens (tertiary/aromatic N) is 1. The van der Waals surface area contributed by atoms with Crippen LogP contribution >= 0.6 is 11.6 Å². The summed E-state index contributed by atoms with van der Waals surface area (Å²) in [5, 5.41) is 0.405. The summed E-state index contributed by atoms with van der Waals surface area (Å²) in [7, 11) is 1.62. The van der Waals surface area contributed by atoms with Gasteiger partial charge < -0.3 is 10.3 Å². The van der Waals surface area contributed by atoms with E-state index in [1.807, 2.05) is 0 Å². The molecule has 0 aliphatic heterocycles. The van der Waals surface area contributed by atoms with Gasteiger partial charge in [-0.1, -0.05) is 11.6 Å². The minimum Gasteiger partial charge on any atom is -0.397 e. The number of aryl methyl sites for hydroxylation is 1. The molecule has 0 saturated carbocycles. The fraction of sp³-hybridized carbons (Fsp3) is 0.167. The van der Waals surface area contributed by atoms with Gasteiger partial charge in [0.15, 0.2) is 0 Å². The van der Waals surface area contributed by atoms with E-state index in [9.17, 15) is 4.79 Å². The number of anilines is 1. The summed E-state index contributed by atoms with van der Waals surface area (Å²) in [6.45, 7) is 0. The summed E-state index contributed by atoms with van der Waals surface area (Å²) in [6, 6.07) is 1.29. The monoisotopic (exact) mass is 158 g/mol. The van der Waals surface area contributed by atoms with E-state index in [4.69, 9.17) is 17.3 Å². The third kappa shape index (κ3) is 1.14. The molecule has 3 nitrogen and oxygen atoms in total. The lowest BCUT2D eigenvalue weighted by Crippen LogP contribution is -2.15. The van der Waals surface area contributed by atoms with Crippen LogP contribution in [0.3, 0.4) is 0 Å². The van der Waals surface area contributed by atoms with Crippen LogP contribution < -0.4 is 11.3 Å². The van der Waals surface area contributed by atoms with Crippen LogP contribution in [0.4, 0.5) is 5.69 Å². The van der Waals surface area contributed by atoms with Gasteiger partial charge in [-0.2, -0.15) is 0 Å². The lowest BCUT2D eigenvalue weighted by atomic mass is 10.4. The quantitative estimate of drug-likeness (QED) is 0.602. The van der Waals surface area contributed by atoms with E-state index in [2.05, 4.69) is 0 Å². The van der Waals surface area contributed by atoms with Crippen LogP contribution in [0.2, 0.25) is 5.02 Å². The number of aromatic nitrogens is 1. The lowest BCUT2D eigenvalue weighted by molar-refractivity contribution is 0.862. The van der Waals surface area contributed by atoms with Gasteiger partial charge in [0, 0.05) is 19.3 Å². The van der Waals surface area contributed by atoms with Crippen molar-refractivity contribution in [2.45, 2.75) is 0 Å². The molecule has 0 fully saturated rings. The first-order valence-corrected chi connectivity index (χ1v) is 3.10. The zero-order chi connectivity index (χ0) is 7.72. The minimum atomic E-state index is -0.151. The summed E-state index contributed by atoms with van der Waals surface area (Å²) in [6.07, 6.45) is 1.49. The third-order valence-corrected chi connectivity index (χ3v) is 1.53. The number of nitrogens with two attached hydrogens (primary N) is 1. The van der Waals surface area contributed by atoms with E-state index >= 15 is 0 Å². The van der Waals surface area contributed by atoms with Crippen molar-refractivity contribution in [3.05, 3.63) is 27.6 Å². The van der Waals surface area contributed by atoms with Crippen molar-refractivity contribution in [3.8, 4) is 0 Å². The van der Waals surface area contributed by atoms with E-state index in [1.54, 1.807) is 7.05 Å². The molecule has 1 rings (SSSR count). The molecule has 1 aromatic rings. The highest BCUT2D eigenvalue weighted by atomic mass is 35.5. The van der Waals surface area contributed by atoms with Gasteiger partial charge in [0.05, 0.1) is 10.7 Å². The van der Waals surface area contributed by atoms with E-state index in [0.29, 0.717) is 10.7 Å². The molecule has 0 saturated heterocycles. The molecular weight excluding hydrogens is 152 g/mol. The lowest BCUT2D eigenvalue weighted by Gasteiger charge is -1.98. The minimum absolute atomic E-state index is 0.151. The Morgan fingerprint density at radius 3 is 2.80 bits per heavy atom. The largest absolute Gasteiger partial charge is 0.397 e. The van der Waals surface area contributed by atoms with Gasteiger partial charge in [-0.3, -0.25) is 4.79 Å². The molecule has 54 valence electrons. The second kappa shape index (κ2) is 2.34. The average molecular weight is 159 g/mol. The number of nitrogen functional groups attached to an aromatic ring is 1. The summed E-state index contributed by atoms with van der Waals surface area (Å²) in [5.41, 5.74) is 5.52. The van der Waals surface area contributed by atoms with Gasteiger partial charge in [0.25, 0.3) is 5.56 Å². The first-order chi connectivity index (χ1) is 4.61. The second-order valence-electron chi connectivity index (χ2n) is 2.03. The maximum absolute atomic E-state index is 10.8. The van der Waals surface area contributed by atoms with Crippen molar-refractivity contribution in [1.82, 2.24) is 4.57 Å². The highest BCUT2D eigenvalue weighted by Crippen LogP contribution is 2.13. The van der Waals surface area contributed by atoms with Crippen LogP contribution in [-0.4, -0.2) is 4.57 Å². The van der Waals surface area contributed by atoms with Crippen LogP contribution in [0.25, 0.3) is 0 Å². The molecule has 1 heterocycles. The molecule has 2 N–H and O–H groups in total. The molecule has 0 amide bonds. The maximum Gasteiger partial charge on any atom is 0.252 e. The standard InChI is InChI=1S/C6H7ClN2O/c1-9-3-4(7)5(8)2-6(9)10/h2-3H,8H2,1H3. The number of hydrogen-bond donors (Lipinski definition) is 1. The van der Waals surface area contributed by atoms with Crippen molar-refractivity contribution in [3.63, 3.8) is 0 Å². The van der Waals surface area contributed by atoms with E-state index in [1.165, 1.54) is 16.8 Å². The van der Waals surface area contributed by atoms with Crippen molar-refractivity contribution >= 4 is 17.3 Å². The van der Waals surface area contributed by atoms with Crippen molar-refractivity contribution in [2.75, 3.05) is 5.73 Å². The molecule has 0 aliphatic carbocycles. The summed E-state index contributed by atoms with van der Waals surface area (Å²) in [5.74, 6) is 0. The summed E-state index contributed by atoms with van der Waals surface area (Å²) in [4.78, 5) is 10.8. The first-order valence-electron chi connectivity index (χ1n) is 2.73. The third-order valence-electron chi connectivity index (χ3n) is 1.21. The van der Waals surface area contributed by atoms with E-state index < -0.39 is 0 Å². The summed E-state index contributed by atoms with van der Waals surface area (Å²) < 4.78 is 1.37. The molecule has 0 spiro atoms. The topological polar surface area (TPSA) is 48.0 Å². The van der Waals surface area contributed by atoms with Crippen LogP contribution in [0.1, 0.15) is 0 Å². The Bertz CT molecular complexity index is 305. The fourth-order valence-corrected chi connectivity index (χ4v) is 0.813. The van der Waals surface area contributed by atoms with Crippen LogP contribution in [0.15, 0.2) is 17.1 Å². The highest BCUT2D eigenvalue weighted by Gasteiger charge is 1.96. The Morgan fingerprint density at radius 1 is 1.70 bits per heavy atom. The number of rotatable bonds is 0. The zero-order valence-electron chi connectivity index (χ0n) is 5.47. The van der Waals surface area contributed by atoms with E-state index in [0.717, 1.165) is 0 Å². The van der Waals surface area contributed by atoms with Crippen molar-refractivity contribution < 1.29 is 0 Å². The van der Waals surface area contributed by atoms with Crippen molar-refractivity contribution in [1.29, 1.82) is 0 Å². The summed E-state index contributed by atoms with van der Waals surface area (Å²) >= 11 is 5.60. The molecule has 0 radical (unpaired) electrons. The molecule has 0 aromatic carbocycles. The Kier molecular flexibility index (Phi) is 1.68. The Labute approximate surface area is 63.0 Å². The molecule has 4 heteroatoms. The molecule has 0 aliphatic rings. The first kappa shape index (κ1) is 7.15. The van der Waals surface area contributed by atoms with E-state index in [-0.39, 0.29) is 5.56 Å². The van der Waals surface area contributed by atoms with Gasteiger partial charge in [-0.05, 0) is 0 Å². The predicted octanol–water partition coefficient (Wildman–Crippen LogP) is 0.621. The predicted molar refractivity (Wildman–Crippen MR) is 41.1 cm³/mol. The number of hydrogen-bond acceptors (Lipinski definition) is 2. The molecule has 0 bridgehead atoms.